The minimum absolute atomic E-state index is 0.0500. The first-order chi connectivity index (χ1) is 8.36. The van der Waals surface area contributed by atoms with E-state index in [0.29, 0.717) is 0 Å². The molecular formula is C9H16N4O5. The van der Waals surface area contributed by atoms with Crippen molar-refractivity contribution in [3.8, 4) is 0 Å². The normalized spacial score (nSPS) is 11.2. The van der Waals surface area contributed by atoms with Gasteiger partial charge in [-0.05, 0) is 0 Å². The number of hydrogen-bond acceptors (Lipinski definition) is 4. The monoisotopic (exact) mass is 260 g/mol. The van der Waals surface area contributed by atoms with Crippen LogP contribution in [0.4, 0.5) is 4.79 Å². The summed E-state index contributed by atoms with van der Waals surface area (Å²) in [7, 11) is 1.45. The maximum atomic E-state index is 11.2. The van der Waals surface area contributed by atoms with E-state index in [1.165, 1.54) is 7.05 Å². The Morgan fingerprint density at radius 2 is 1.89 bits per heavy atom. The molecular weight excluding hydrogens is 244 g/mol. The lowest BCUT2D eigenvalue weighted by atomic mass is 10.2. The Hall–Kier alpha value is -2.32. The van der Waals surface area contributed by atoms with Gasteiger partial charge in [-0.3, -0.25) is 9.59 Å². The zero-order valence-electron chi connectivity index (χ0n) is 9.86. The van der Waals surface area contributed by atoms with Crippen LogP contribution in [0.3, 0.4) is 0 Å². The van der Waals surface area contributed by atoms with Crippen molar-refractivity contribution in [1.29, 1.82) is 0 Å². The minimum Gasteiger partial charge on any atom is -0.480 e. The Kier molecular flexibility index (Phi) is 6.86. The molecule has 0 fully saturated rings. The van der Waals surface area contributed by atoms with E-state index in [0.717, 1.165) is 0 Å². The number of carbonyl (C=O) groups excluding carboxylic acids is 3. The molecule has 4 amide bonds. The van der Waals surface area contributed by atoms with E-state index in [2.05, 4.69) is 16.0 Å². The van der Waals surface area contributed by atoms with Crippen LogP contribution in [0.2, 0.25) is 0 Å². The fourth-order valence-electron chi connectivity index (χ4n) is 1.03. The number of nitrogens with two attached hydrogens (primary N) is 1. The number of carbonyl (C=O) groups is 4. The molecule has 9 heteroatoms. The predicted octanol–water partition coefficient (Wildman–Crippen LogP) is -2.25. The lowest BCUT2D eigenvalue weighted by Gasteiger charge is -2.13. The maximum Gasteiger partial charge on any atom is 0.326 e. The van der Waals surface area contributed by atoms with Crippen LogP contribution in [0.25, 0.3) is 0 Å². The molecule has 9 nitrogen and oxygen atoms in total. The predicted molar refractivity (Wildman–Crippen MR) is 60.5 cm³/mol. The molecule has 0 spiro atoms. The number of urea groups is 1. The first-order valence-electron chi connectivity index (χ1n) is 5.13. The van der Waals surface area contributed by atoms with Gasteiger partial charge in [0, 0.05) is 20.0 Å². The summed E-state index contributed by atoms with van der Waals surface area (Å²) >= 11 is 0. The molecule has 0 unspecified atom stereocenters. The van der Waals surface area contributed by atoms with E-state index in [9.17, 15) is 19.2 Å². The Morgan fingerprint density at radius 3 is 2.33 bits per heavy atom. The summed E-state index contributed by atoms with van der Waals surface area (Å²) in [4.78, 5) is 43.3. The Morgan fingerprint density at radius 1 is 1.28 bits per heavy atom. The van der Waals surface area contributed by atoms with E-state index in [1.807, 2.05) is 0 Å². The number of rotatable bonds is 7. The molecule has 0 bridgehead atoms. The van der Waals surface area contributed by atoms with Gasteiger partial charge in [-0.1, -0.05) is 0 Å². The van der Waals surface area contributed by atoms with Crippen LogP contribution in [-0.2, 0) is 14.4 Å². The minimum atomic E-state index is -1.39. The number of hydrogen-bond donors (Lipinski definition) is 5. The lowest BCUT2D eigenvalue weighted by Crippen LogP contribution is -2.48. The summed E-state index contributed by atoms with van der Waals surface area (Å²) in [6.07, 6.45) is -0.435. The lowest BCUT2D eigenvalue weighted by molar-refractivity contribution is -0.140. The van der Waals surface area contributed by atoms with Crippen molar-refractivity contribution in [3.63, 3.8) is 0 Å². The summed E-state index contributed by atoms with van der Waals surface area (Å²) in [5.74, 6) is -2.47. The molecule has 6 N–H and O–H groups in total. The highest BCUT2D eigenvalue weighted by Gasteiger charge is 2.21. The molecule has 0 heterocycles. The van der Waals surface area contributed by atoms with Crippen molar-refractivity contribution in [3.05, 3.63) is 0 Å². The molecule has 0 aromatic rings. The summed E-state index contributed by atoms with van der Waals surface area (Å²) in [5, 5.41) is 15.4. The highest BCUT2D eigenvalue weighted by molar-refractivity contribution is 5.87. The van der Waals surface area contributed by atoms with Crippen molar-refractivity contribution >= 4 is 23.8 Å². The average Bonchev–Trinajstić information content (AvgIpc) is 2.27. The standard InChI is InChI=1S/C9H16N4O5/c1-11-7(15)2-3-12-9(18)13-5(8(16)17)4-6(10)14/h5H,2-4H2,1H3,(H2,10,14)(H,11,15)(H,16,17)(H2,12,13,18)/t5-/m0/s1. The van der Waals surface area contributed by atoms with Gasteiger partial charge in [-0.15, -0.1) is 0 Å². The molecule has 0 aliphatic heterocycles. The van der Waals surface area contributed by atoms with E-state index in [4.69, 9.17) is 10.8 Å². The van der Waals surface area contributed by atoms with Crippen LogP contribution in [0.15, 0.2) is 0 Å². The second-order valence-corrected chi connectivity index (χ2v) is 3.38. The van der Waals surface area contributed by atoms with E-state index in [-0.39, 0.29) is 18.9 Å². The van der Waals surface area contributed by atoms with Crippen LogP contribution in [0.5, 0.6) is 0 Å². The number of carboxylic acid groups (broad SMARTS) is 1. The SMILES string of the molecule is CNC(=O)CCNC(=O)N[C@@H](CC(N)=O)C(=O)O. The summed E-state index contributed by atoms with van der Waals surface area (Å²) in [5.41, 5.74) is 4.84. The number of carboxylic acids is 1. The topological polar surface area (TPSA) is 151 Å². The second kappa shape index (κ2) is 7.87. The Balaban J connectivity index is 4.06. The maximum absolute atomic E-state index is 11.2. The van der Waals surface area contributed by atoms with Gasteiger partial charge in [-0.2, -0.15) is 0 Å². The van der Waals surface area contributed by atoms with Gasteiger partial charge in [0.15, 0.2) is 0 Å². The van der Waals surface area contributed by atoms with Crippen LogP contribution in [0.1, 0.15) is 12.8 Å². The van der Waals surface area contributed by atoms with E-state index < -0.39 is 30.4 Å². The molecule has 18 heavy (non-hydrogen) atoms. The molecule has 0 aliphatic carbocycles. The summed E-state index contributed by atoms with van der Waals surface area (Å²) in [6.45, 7) is 0.0500. The summed E-state index contributed by atoms with van der Waals surface area (Å²) < 4.78 is 0. The molecule has 0 radical (unpaired) electrons. The third-order valence-electron chi connectivity index (χ3n) is 1.93. The fourth-order valence-corrected chi connectivity index (χ4v) is 1.03. The van der Waals surface area contributed by atoms with Crippen LogP contribution < -0.4 is 21.7 Å². The van der Waals surface area contributed by atoms with Crippen LogP contribution >= 0.6 is 0 Å². The first kappa shape index (κ1) is 15.7. The molecule has 0 saturated heterocycles. The van der Waals surface area contributed by atoms with Crippen LogP contribution in [0, 0.1) is 0 Å². The van der Waals surface area contributed by atoms with Gasteiger partial charge in [0.25, 0.3) is 0 Å². The number of aliphatic carboxylic acids is 1. The van der Waals surface area contributed by atoms with Gasteiger partial charge < -0.3 is 26.8 Å². The molecule has 0 aromatic carbocycles. The molecule has 102 valence electrons. The Bertz CT molecular complexity index is 344. The fraction of sp³-hybridized carbons (Fsp3) is 0.556. The molecule has 0 rings (SSSR count). The third kappa shape index (κ3) is 7.04. The van der Waals surface area contributed by atoms with Crippen LogP contribution in [-0.4, -0.2) is 48.6 Å². The third-order valence-corrected chi connectivity index (χ3v) is 1.93. The van der Waals surface area contributed by atoms with Gasteiger partial charge in [0.2, 0.25) is 11.8 Å². The zero-order valence-corrected chi connectivity index (χ0v) is 9.86. The zero-order chi connectivity index (χ0) is 14.1. The van der Waals surface area contributed by atoms with Gasteiger partial charge >= 0.3 is 12.0 Å². The second-order valence-electron chi connectivity index (χ2n) is 3.38. The van der Waals surface area contributed by atoms with Gasteiger partial charge in [-0.25, -0.2) is 9.59 Å². The quantitative estimate of drug-likeness (QED) is 0.350. The molecule has 0 aromatic heterocycles. The highest BCUT2D eigenvalue weighted by Crippen LogP contribution is 1.91. The molecule has 1 atom stereocenters. The van der Waals surface area contributed by atoms with Gasteiger partial charge in [0.05, 0.1) is 6.42 Å². The average molecular weight is 260 g/mol. The summed E-state index contributed by atoms with van der Waals surface area (Å²) in [6, 6.07) is -2.17. The number of primary amides is 1. The van der Waals surface area contributed by atoms with Crippen molar-refractivity contribution in [2.45, 2.75) is 18.9 Å². The van der Waals surface area contributed by atoms with Crippen molar-refractivity contribution in [1.82, 2.24) is 16.0 Å². The van der Waals surface area contributed by atoms with Crippen molar-refractivity contribution in [2.75, 3.05) is 13.6 Å². The molecule has 0 saturated carbocycles. The van der Waals surface area contributed by atoms with E-state index in [1.54, 1.807) is 0 Å². The highest BCUT2D eigenvalue weighted by atomic mass is 16.4. The van der Waals surface area contributed by atoms with Crippen molar-refractivity contribution < 1.29 is 24.3 Å². The largest absolute Gasteiger partial charge is 0.480 e. The van der Waals surface area contributed by atoms with Crippen molar-refractivity contribution in [2.24, 2.45) is 5.73 Å². The first-order valence-corrected chi connectivity index (χ1v) is 5.13. The smallest absolute Gasteiger partial charge is 0.326 e. The number of amides is 4. The Labute approximate surface area is 103 Å². The van der Waals surface area contributed by atoms with E-state index >= 15 is 0 Å². The molecule has 0 aliphatic rings. The van der Waals surface area contributed by atoms with Gasteiger partial charge in [0.1, 0.15) is 6.04 Å². The number of nitrogens with one attached hydrogen (secondary N) is 3.